The monoisotopic (exact) mass is 284 g/mol. The molecule has 2 aliphatic heterocycles. The smallest absolute Gasteiger partial charge is 0.323 e. The van der Waals surface area contributed by atoms with Crippen LogP contribution in [0.25, 0.3) is 0 Å². The zero-order valence-corrected chi connectivity index (χ0v) is 11.7. The summed E-state index contributed by atoms with van der Waals surface area (Å²) in [5, 5.41) is 11.6. The Kier molecular flexibility index (Phi) is 4.01. The molecule has 0 radical (unpaired) electrons. The van der Waals surface area contributed by atoms with Crippen molar-refractivity contribution in [3.8, 4) is 0 Å². The minimum absolute atomic E-state index is 0.0148. The molecule has 4 amide bonds. The summed E-state index contributed by atoms with van der Waals surface area (Å²) in [7, 11) is 0. The molecule has 0 aromatic carbocycles. The number of carbonyl (C=O) groups excluding carboxylic acids is 2. The summed E-state index contributed by atoms with van der Waals surface area (Å²) in [6, 6.07) is -0.561. The normalized spacial score (nSPS) is 21.8. The van der Waals surface area contributed by atoms with Crippen LogP contribution in [0.2, 0.25) is 0 Å². The van der Waals surface area contributed by atoms with Gasteiger partial charge in [0.05, 0.1) is 6.04 Å². The van der Waals surface area contributed by atoms with E-state index in [1.165, 1.54) is 4.90 Å². The molecule has 2 aliphatic rings. The van der Waals surface area contributed by atoms with Gasteiger partial charge in [0.1, 0.15) is 6.54 Å². The molecule has 8 nitrogen and oxygen atoms in total. The summed E-state index contributed by atoms with van der Waals surface area (Å²) in [6.45, 7) is 5.17. The number of hydrogen-bond donors (Lipinski definition) is 2. The van der Waals surface area contributed by atoms with Gasteiger partial charge < -0.3 is 25.1 Å². The van der Waals surface area contributed by atoms with Gasteiger partial charge in [-0.05, 0) is 13.8 Å². The molecule has 2 N–H and O–H groups in total. The maximum absolute atomic E-state index is 12.4. The van der Waals surface area contributed by atoms with Crippen molar-refractivity contribution in [1.29, 1.82) is 0 Å². The maximum atomic E-state index is 12.4. The Morgan fingerprint density at radius 2 is 2.15 bits per heavy atom. The molecule has 0 spiro atoms. The van der Waals surface area contributed by atoms with Gasteiger partial charge in [0.2, 0.25) is 0 Å². The van der Waals surface area contributed by atoms with Crippen LogP contribution >= 0.6 is 0 Å². The molecule has 0 aromatic rings. The molecule has 0 aliphatic carbocycles. The lowest BCUT2D eigenvalue weighted by Crippen LogP contribution is -2.58. The molecular weight excluding hydrogens is 264 g/mol. The molecule has 0 bridgehead atoms. The van der Waals surface area contributed by atoms with Crippen molar-refractivity contribution in [3.63, 3.8) is 0 Å². The average Bonchev–Trinajstić information content (AvgIpc) is 2.76. The predicted octanol–water partition coefficient (Wildman–Crippen LogP) is -0.389. The zero-order chi connectivity index (χ0) is 14.9. The van der Waals surface area contributed by atoms with Crippen molar-refractivity contribution < 1.29 is 19.5 Å². The Labute approximate surface area is 117 Å². The highest BCUT2D eigenvalue weighted by Gasteiger charge is 2.38. The molecule has 2 fully saturated rings. The number of fused-ring (bicyclic) bond motifs is 1. The third kappa shape index (κ3) is 2.78. The topological polar surface area (TPSA) is 93.2 Å². The number of hydrogen-bond acceptors (Lipinski definition) is 3. The molecule has 1 atom stereocenters. The van der Waals surface area contributed by atoms with Gasteiger partial charge in [0.15, 0.2) is 0 Å². The van der Waals surface area contributed by atoms with Crippen molar-refractivity contribution in [2.75, 3.05) is 32.7 Å². The number of urea groups is 2. The summed E-state index contributed by atoms with van der Waals surface area (Å²) in [4.78, 5) is 39.4. The molecule has 112 valence electrons. The third-order valence-electron chi connectivity index (χ3n) is 3.68. The van der Waals surface area contributed by atoms with E-state index in [1.54, 1.807) is 23.6 Å². The fraction of sp³-hybridized carbons (Fsp3) is 0.750. The standard InChI is InChI=1S/C12H20N4O4/c1-8(2)16(7-10(17)18)12(20)14-3-4-15-9(6-14)5-13-11(15)19/h8-9H,3-7H2,1-2H3,(H,13,19)(H,17,18). The van der Waals surface area contributed by atoms with Crippen LogP contribution in [-0.4, -0.2) is 82.6 Å². The third-order valence-corrected chi connectivity index (χ3v) is 3.68. The molecule has 1 unspecified atom stereocenters. The Hall–Kier alpha value is -1.99. The second-order valence-corrected chi connectivity index (χ2v) is 5.38. The van der Waals surface area contributed by atoms with Gasteiger partial charge in [-0.2, -0.15) is 0 Å². The van der Waals surface area contributed by atoms with Crippen molar-refractivity contribution in [2.24, 2.45) is 0 Å². The molecule has 2 saturated heterocycles. The first kappa shape index (κ1) is 14.4. The van der Waals surface area contributed by atoms with E-state index >= 15 is 0 Å². The van der Waals surface area contributed by atoms with Crippen LogP contribution < -0.4 is 5.32 Å². The lowest BCUT2D eigenvalue weighted by Gasteiger charge is -2.39. The number of amides is 4. The Morgan fingerprint density at radius 1 is 1.45 bits per heavy atom. The quantitative estimate of drug-likeness (QED) is 0.738. The average molecular weight is 284 g/mol. The highest BCUT2D eigenvalue weighted by molar-refractivity contribution is 5.81. The Morgan fingerprint density at radius 3 is 2.75 bits per heavy atom. The number of rotatable bonds is 3. The summed E-state index contributed by atoms with van der Waals surface area (Å²) in [5.74, 6) is -1.02. The van der Waals surface area contributed by atoms with Crippen LogP contribution in [0.15, 0.2) is 0 Å². The minimum atomic E-state index is -1.02. The van der Waals surface area contributed by atoms with E-state index in [0.29, 0.717) is 26.2 Å². The van der Waals surface area contributed by atoms with E-state index in [2.05, 4.69) is 5.32 Å². The van der Waals surface area contributed by atoms with Crippen molar-refractivity contribution in [3.05, 3.63) is 0 Å². The van der Waals surface area contributed by atoms with Crippen LogP contribution in [0.3, 0.4) is 0 Å². The molecule has 0 aromatic heterocycles. The number of nitrogens with one attached hydrogen (secondary N) is 1. The molecule has 0 saturated carbocycles. The second kappa shape index (κ2) is 5.56. The number of carboxylic acid groups (broad SMARTS) is 1. The van der Waals surface area contributed by atoms with E-state index in [9.17, 15) is 14.4 Å². The molecule has 20 heavy (non-hydrogen) atoms. The van der Waals surface area contributed by atoms with Crippen molar-refractivity contribution in [2.45, 2.75) is 25.9 Å². The number of piperazine rings is 1. The maximum Gasteiger partial charge on any atom is 0.323 e. The summed E-state index contributed by atoms with van der Waals surface area (Å²) in [6.07, 6.45) is 0. The molecule has 8 heteroatoms. The first-order chi connectivity index (χ1) is 9.40. The van der Waals surface area contributed by atoms with Crippen LogP contribution in [0, 0.1) is 0 Å². The highest BCUT2D eigenvalue weighted by atomic mass is 16.4. The van der Waals surface area contributed by atoms with Crippen LogP contribution in [0.5, 0.6) is 0 Å². The van der Waals surface area contributed by atoms with Crippen molar-refractivity contribution >= 4 is 18.0 Å². The fourth-order valence-corrected chi connectivity index (χ4v) is 2.58. The Balaban J connectivity index is 2.01. The summed E-state index contributed by atoms with van der Waals surface area (Å²) < 4.78 is 0. The van der Waals surface area contributed by atoms with E-state index < -0.39 is 5.97 Å². The van der Waals surface area contributed by atoms with Gasteiger partial charge in [-0.1, -0.05) is 0 Å². The van der Waals surface area contributed by atoms with E-state index in [-0.39, 0.29) is 30.7 Å². The lowest BCUT2D eigenvalue weighted by atomic mass is 10.2. The van der Waals surface area contributed by atoms with E-state index in [4.69, 9.17) is 5.11 Å². The number of aliphatic carboxylic acids is 1. The number of carboxylic acids is 1. The molecular formula is C12H20N4O4. The number of carbonyl (C=O) groups is 3. The van der Waals surface area contributed by atoms with Crippen molar-refractivity contribution in [1.82, 2.24) is 20.0 Å². The largest absolute Gasteiger partial charge is 0.480 e. The first-order valence-corrected chi connectivity index (χ1v) is 6.72. The van der Waals surface area contributed by atoms with Gasteiger partial charge in [-0.25, -0.2) is 9.59 Å². The predicted molar refractivity (Wildman–Crippen MR) is 70.3 cm³/mol. The van der Waals surface area contributed by atoms with Gasteiger partial charge in [-0.15, -0.1) is 0 Å². The van der Waals surface area contributed by atoms with Crippen LogP contribution in [0.1, 0.15) is 13.8 Å². The second-order valence-electron chi connectivity index (χ2n) is 5.38. The van der Waals surface area contributed by atoms with E-state index in [1.807, 2.05) is 0 Å². The fourth-order valence-electron chi connectivity index (χ4n) is 2.58. The van der Waals surface area contributed by atoms with Crippen LogP contribution in [-0.2, 0) is 4.79 Å². The lowest BCUT2D eigenvalue weighted by molar-refractivity contribution is -0.138. The number of nitrogens with zero attached hydrogens (tertiary/aromatic N) is 3. The summed E-state index contributed by atoms with van der Waals surface area (Å²) in [5.41, 5.74) is 0. The Bertz CT molecular complexity index is 426. The van der Waals surface area contributed by atoms with Crippen LogP contribution in [0.4, 0.5) is 9.59 Å². The van der Waals surface area contributed by atoms with Gasteiger partial charge >= 0.3 is 18.0 Å². The van der Waals surface area contributed by atoms with Gasteiger partial charge in [0.25, 0.3) is 0 Å². The minimum Gasteiger partial charge on any atom is -0.480 e. The summed E-state index contributed by atoms with van der Waals surface area (Å²) >= 11 is 0. The molecule has 2 rings (SSSR count). The molecule has 2 heterocycles. The van der Waals surface area contributed by atoms with E-state index in [0.717, 1.165) is 0 Å². The highest BCUT2D eigenvalue weighted by Crippen LogP contribution is 2.16. The SMILES string of the molecule is CC(C)N(CC(=O)O)C(=O)N1CCN2C(=O)NCC2C1. The first-order valence-electron chi connectivity index (χ1n) is 6.72. The zero-order valence-electron chi connectivity index (χ0n) is 11.7. The van der Waals surface area contributed by atoms with Gasteiger partial charge in [-0.3, -0.25) is 4.79 Å². The van der Waals surface area contributed by atoms with Gasteiger partial charge in [0, 0.05) is 32.2 Å².